The van der Waals surface area contributed by atoms with Crippen LogP contribution in [0, 0.1) is 5.82 Å². The number of halogens is 2. The summed E-state index contributed by atoms with van der Waals surface area (Å²) in [6, 6.07) is 11.6. The molecule has 1 N–H and O–H groups in total. The molecule has 1 saturated heterocycles. The maximum Gasteiger partial charge on any atom is 0.257 e. The molecule has 1 heterocycles. The van der Waals surface area contributed by atoms with Gasteiger partial charge in [0, 0.05) is 44.3 Å². The molecule has 1 fully saturated rings. The first-order valence-corrected chi connectivity index (χ1v) is 11.3. The molecular weight excluding hydrogens is 433 g/mol. The van der Waals surface area contributed by atoms with E-state index in [0.29, 0.717) is 50.0 Å². The van der Waals surface area contributed by atoms with Crippen LogP contribution in [0.25, 0.3) is 0 Å². The zero-order chi connectivity index (χ0) is 21.6. The molecule has 0 aromatic heterocycles. The first-order chi connectivity index (χ1) is 14.3. The third-order valence-electron chi connectivity index (χ3n) is 4.72. The summed E-state index contributed by atoms with van der Waals surface area (Å²) in [7, 11) is -3.63. The van der Waals surface area contributed by atoms with E-state index in [1.807, 2.05) is 0 Å². The molecule has 0 spiro atoms. The van der Waals surface area contributed by atoms with Crippen molar-refractivity contribution >= 4 is 27.5 Å². The van der Waals surface area contributed by atoms with Gasteiger partial charge in [0.25, 0.3) is 5.91 Å². The van der Waals surface area contributed by atoms with Gasteiger partial charge < -0.3 is 10.1 Å². The lowest BCUT2D eigenvalue weighted by atomic mass is 10.3. The van der Waals surface area contributed by atoms with Gasteiger partial charge in [-0.2, -0.15) is 4.31 Å². The molecule has 1 aliphatic rings. The molecule has 10 heteroatoms. The van der Waals surface area contributed by atoms with Crippen molar-refractivity contribution in [3.63, 3.8) is 0 Å². The molecule has 1 amide bonds. The number of ether oxygens (including phenoxy) is 1. The van der Waals surface area contributed by atoms with E-state index in [1.165, 1.54) is 16.4 Å². The average molecular weight is 456 g/mol. The van der Waals surface area contributed by atoms with Gasteiger partial charge in [0.2, 0.25) is 10.0 Å². The van der Waals surface area contributed by atoms with Crippen LogP contribution in [0.2, 0.25) is 5.02 Å². The van der Waals surface area contributed by atoms with Gasteiger partial charge >= 0.3 is 0 Å². The van der Waals surface area contributed by atoms with Crippen molar-refractivity contribution in [2.24, 2.45) is 0 Å². The predicted octanol–water partition coefficient (Wildman–Crippen LogP) is 1.98. The number of piperazine rings is 1. The summed E-state index contributed by atoms with van der Waals surface area (Å²) in [6.07, 6.45) is 0. The number of amides is 1. The zero-order valence-corrected chi connectivity index (χ0v) is 17.8. The minimum absolute atomic E-state index is 0.0882. The van der Waals surface area contributed by atoms with E-state index in [2.05, 4.69) is 10.2 Å². The molecule has 162 valence electrons. The lowest BCUT2D eigenvalue weighted by Gasteiger charge is -2.33. The number of nitrogens with zero attached hydrogens (tertiary/aromatic N) is 2. The number of benzene rings is 2. The average Bonchev–Trinajstić information content (AvgIpc) is 2.74. The van der Waals surface area contributed by atoms with Gasteiger partial charge in [-0.3, -0.25) is 9.69 Å². The number of hydrogen-bond donors (Lipinski definition) is 1. The lowest BCUT2D eigenvalue weighted by Crippen LogP contribution is -2.50. The van der Waals surface area contributed by atoms with E-state index >= 15 is 0 Å². The molecule has 2 aromatic carbocycles. The maximum absolute atomic E-state index is 13.0. The molecule has 0 bridgehead atoms. The highest BCUT2D eigenvalue weighted by Crippen LogP contribution is 2.18. The predicted molar refractivity (Wildman–Crippen MR) is 112 cm³/mol. The maximum atomic E-state index is 13.0. The zero-order valence-electron chi connectivity index (χ0n) is 16.3. The van der Waals surface area contributed by atoms with Crippen LogP contribution in [0.4, 0.5) is 4.39 Å². The van der Waals surface area contributed by atoms with Gasteiger partial charge in [-0.15, -0.1) is 0 Å². The second kappa shape index (κ2) is 10.2. The van der Waals surface area contributed by atoms with Gasteiger partial charge in [-0.05, 0) is 48.5 Å². The van der Waals surface area contributed by atoms with Crippen molar-refractivity contribution in [2.45, 2.75) is 4.90 Å². The normalized spacial score (nSPS) is 15.7. The number of carbonyl (C=O) groups is 1. The second-order valence-electron chi connectivity index (χ2n) is 6.79. The summed E-state index contributed by atoms with van der Waals surface area (Å²) in [5.41, 5.74) is 0. The van der Waals surface area contributed by atoms with Crippen molar-refractivity contribution in [1.29, 1.82) is 0 Å². The standard InChI is InChI=1S/C20H23ClFN3O4S/c21-16-1-5-18(6-2-16)29-15-20(26)23-9-10-24-11-13-25(14-12-24)30(27,28)19-7-3-17(22)4-8-19/h1-8H,9-15H2,(H,23,26). The van der Waals surface area contributed by atoms with Crippen molar-refractivity contribution in [3.05, 3.63) is 59.4 Å². The Hall–Kier alpha value is -2.20. The molecular formula is C20H23ClFN3O4S. The Morgan fingerprint density at radius 1 is 1.03 bits per heavy atom. The highest BCUT2D eigenvalue weighted by Gasteiger charge is 2.28. The third kappa shape index (κ3) is 6.15. The smallest absolute Gasteiger partial charge is 0.257 e. The summed E-state index contributed by atoms with van der Waals surface area (Å²) in [6.45, 7) is 2.74. The molecule has 30 heavy (non-hydrogen) atoms. The summed E-state index contributed by atoms with van der Waals surface area (Å²) >= 11 is 5.80. The number of carbonyl (C=O) groups excluding carboxylic acids is 1. The number of nitrogens with one attached hydrogen (secondary N) is 1. The summed E-state index contributed by atoms with van der Waals surface area (Å²) < 4.78 is 45.1. The Bertz CT molecular complexity index is 947. The molecule has 0 saturated carbocycles. The number of hydrogen-bond acceptors (Lipinski definition) is 5. The topological polar surface area (TPSA) is 79.0 Å². The van der Waals surface area contributed by atoms with Crippen LogP contribution < -0.4 is 10.1 Å². The first-order valence-electron chi connectivity index (χ1n) is 9.48. The fraction of sp³-hybridized carbons (Fsp3) is 0.350. The van der Waals surface area contributed by atoms with Gasteiger partial charge in [0.15, 0.2) is 6.61 Å². The molecule has 0 atom stereocenters. The molecule has 0 unspecified atom stereocenters. The molecule has 7 nitrogen and oxygen atoms in total. The first kappa shape index (κ1) is 22.5. The summed E-state index contributed by atoms with van der Waals surface area (Å²) in [5.74, 6) is -0.144. The molecule has 1 aliphatic heterocycles. The Morgan fingerprint density at radius 3 is 2.30 bits per heavy atom. The Morgan fingerprint density at radius 2 is 1.67 bits per heavy atom. The van der Waals surface area contributed by atoms with Crippen molar-refractivity contribution in [2.75, 3.05) is 45.9 Å². The molecule has 3 rings (SSSR count). The molecule has 0 aliphatic carbocycles. The highest BCUT2D eigenvalue weighted by atomic mass is 35.5. The van der Waals surface area contributed by atoms with Crippen LogP contribution in [0.5, 0.6) is 5.75 Å². The van der Waals surface area contributed by atoms with Gasteiger partial charge in [-0.25, -0.2) is 12.8 Å². The minimum atomic E-state index is -3.63. The third-order valence-corrected chi connectivity index (χ3v) is 6.88. The van der Waals surface area contributed by atoms with Gasteiger partial charge in [-0.1, -0.05) is 11.6 Å². The minimum Gasteiger partial charge on any atom is -0.484 e. The highest BCUT2D eigenvalue weighted by molar-refractivity contribution is 7.89. The Kier molecular flexibility index (Phi) is 7.65. The number of rotatable bonds is 8. The molecule has 2 aromatic rings. The van der Waals surface area contributed by atoms with E-state index in [1.54, 1.807) is 24.3 Å². The monoisotopic (exact) mass is 455 g/mol. The van der Waals surface area contributed by atoms with Crippen molar-refractivity contribution < 1.29 is 22.3 Å². The van der Waals surface area contributed by atoms with Crippen LogP contribution in [-0.4, -0.2) is 69.4 Å². The SMILES string of the molecule is O=C(COc1ccc(Cl)cc1)NCCN1CCN(S(=O)(=O)c2ccc(F)cc2)CC1. The van der Waals surface area contributed by atoms with Gasteiger partial charge in [0.05, 0.1) is 4.90 Å². The molecule has 0 radical (unpaired) electrons. The van der Waals surface area contributed by atoms with Crippen LogP contribution in [0.15, 0.2) is 53.4 Å². The van der Waals surface area contributed by atoms with E-state index in [9.17, 15) is 17.6 Å². The van der Waals surface area contributed by atoms with Crippen molar-refractivity contribution in [1.82, 2.24) is 14.5 Å². The van der Waals surface area contributed by atoms with E-state index in [-0.39, 0.29) is 17.4 Å². The second-order valence-corrected chi connectivity index (χ2v) is 9.17. The van der Waals surface area contributed by atoms with E-state index < -0.39 is 15.8 Å². The van der Waals surface area contributed by atoms with E-state index in [0.717, 1.165) is 12.1 Å². The fourth-order valence-electron chi connectivity index (χ4n) is 3.03. The quantitative estimate of drug-likeness (QED) is 0.658. The van der Waals surface area contributed by atoms with Crippen LogP contribution in [0.1, 0.15) is 0 Å². The van der Waals surface area contributed by atoms with Gasteiger partial charge in [0.1, 0.15) is 11.6 Å². The Balaban J connectivity index is 1.37. The Labute approximate surface area is 180 Å². The summed E-state index contributed by atoms with van der Waals surface area (Å²) in [4.78, 5) is 14.1. The summed E-state index contributed by atoms with van der Waals surface area (Å²) in [5, 5.41) is 3.38. The fourth-order valence-corrected chi connectivity index (χ4v) is 4.58. The largest absolute Gasteiger partial charge is 0.484 e. The lowest BCUT2D eigenvalue weighted by molar-refractivity contribution is -0.123. The van der Waals surface area contributed by atoms with Crippen LogP contribution >= 0.6 is 11.6 Å². The van der Waals surface area contributed by atoms with Crippen LogP contribution in [0.3, 0.4) is 0 Å². The van der Waals surface area contributed by atoms with Crippen LogP contribution in [-0.2, 0) is 14.8 Å². The van der Waals surface area contributed by atoms with E-state index in [4.69, 9.17) is 16.3 Å². The number of sulfonamides is 1. The van der Waals surface area contributed by atoms with Crippen molar-refractivity contribution in [3.8, 4) is 5.75 Å².